The van der Waals surface area contributed by atoms with Crippen LogP contribution in [0.1, 0.15) is 17.9 Å². The van der Waals surface area contributed by atoms with Crippen LogP contribution in [0, 0.1) is 6.92 Å². The van der Waals surface area contributed by atoms with Crippen molar-refractivity contribution in [2.45, 2.75) is 13.3 Å². The van der Waals surface area contributed by atoms with Crippen molar-refractivity contribution < 1.29 is 8.78 Å². The maximum absolute atomic E-state index is 13.0. The van der Waals surface area contributed by atoms with E-state index in [2.05, 4.69) is 29.8 Å². The van der Waals surface area contributed by atoms with Crippen LogP contribution in [-0.2, 0) is 7.05 Å². The molecule has 4 heterocycles. The van der Waals surface area contributed by atoms with Crippen LogP contribution in [0.5, 0.6) is 0 Å². The van der Waals surface area contributed by atoms with E-state index in [0.29, 0.717) is 37.8 Å². The van der Waals surface area contributed by atoms with Crippen LogP contribution in [0.2, 0.25) is 0 Å². The summed E-state index contributed by atoms with van der Waals surface area (Å²) in [6, 6.07) is 1.37. The van der Waals surface area contributed by atoms with Crippen LogP contribution >= 0.6 is 0 Å². The molecule has 0 N–H and O–H groups in total. The van der Waals surface area contributed by atoms with Gasteiger partial charge in [0.05, 0.1) is 6.33 Å². The smallest absolute Gasteiger partial charge is 0.280 e. The second-order valence-electron chi connectivity index (χ2n) is 6.20. The van der Waals surface area contributed by atoms with E-state index in [1.54, 1.807) is 13.3 Å². The minimum absolute atomic E-state index is 0.235. The topological polar surface area (TPSA) is 75.9 Å². The molecule has 0 aromatic carbocycles. The van der Waals surface area contributed by atoms with E-state index in [0.717, 1.165) is 17.0 Å². The number of hydrogen-bond donors (Lipinski definition) is 0. The lowest BCUT2D eigenvalue weighted by atomic mass is 10.2. The molecule has 0 radical (unpaired) electrons. The first-order valence-electron chi connectivity index (χ1n) is 8.28. The van der Waals surface area contributed by atoms with Crippen molar-refractivity contribution in [3.05, 3.63) is 30.2 Å². The summed E-state index contributed by atoms with van der Waals surface area (Å²) in [7, 11) is 1.89. The molecule has 0 amide bonds. The van der Waals surface area contributed by atoms with Crippen LogP contribution in [0.15, 0.2) is 18.7 Å². The zero-order valence-electron chi connectivity index (χ0n) is 14.5. The molecule has 3 aromatic rings. The lowest BCUT2D eigenvalue weighted by Gasteiger charge is -2.36. The SMILES string of the molecule is Cc1nc(C(F)F)cc(N2CCN(c3ncnc4c3ncn4C)CC2)n1. The van der Waals surface area contributed by atoms with E-state index in [9.17, 15) is 8.78 Å². The Morgan fingerprint density at radius 1 is 1.00 bits per heavy atom. The molecule has 0 atom stereocenters. The molecule has 10 heteroatoms. The maximum Gasteiger partial charge on any atom is 0.280 e. The molecule has 0 spiro atoms. The van der Waals surface area contributed by atoms with Gasteiger partial charge >= 0.3 is 0 Å². The van der Waals surface area contributed by atoms with E-state index in [4.69, 9.17) is 0 Å². The lowest BCUT2D eigenvalue weighted by Crippen LogP contribution is -2.47. The Kier molecular flexibility index (Phi) is 4.09. The predicted molar refractivity (Wildman–Crippen MR) is 92.5 cm³/mol. The highest BCUT2D eigenvalue weighted by Gasteiger charge is 2.23. The van der Waals surface area contributed by atoms with Gasteiger partial charge in [0.15, 0.2) is 17.0 Å². The fourth-order valence-electron chi connectivity index (χ4n) is 3.16. The first-order chi connectivity index (χ1) is 12.5. The summed E-state index contributed by atoms with van der Waals surface area (Å²) < 4.78 is 27.8. The molecular formula is C16H18F2N8. The molecule has 1 fully saturated rings. The van der Waals surface area contributed by atoms with Gasteiger partial charge in [-0.15, -0.1) is 0 Å². The molecule has 0 aliphatic carbocycles. The number of halogens is 2. The molecule has 0 bridgehead atoms. The van der Waals surface area contributed by atoms with Crippen molar-refractivity contribution in [1.82, 2.24) is 29.5 Å². The van der Waals surface area contributed by atoms with Crippen molar-refractivity contribution >= 4 is 22.8 Å². The average molecular weight is 360 g/mol. The highest BCUT2D eigenvalue weighted by Crippen LogP contribution is 2.25. The standard InChI is InChI=1S/C16H18F2N8/c1-10-22-11(14(17)18)7-12(23-10)25-3-5-26(6-4-25)16-13-15(19-8-20-16)24(2)9-21-13/h7-9,14H,3-6H2,1-2H3. The third kappa shape index (κ3) is 2.91. The van der Waals surface area contributed by atoms with Crippen LogP contribution in [0.3, 0.4) is 0 Å². The fraction of sp³-hybridized carbons (Fsp3) is 0.438. The van der Waals surface area contributed by atoms with Gasteiger partial charge in [-0.3, -0.25) is 0 Å². The molecule has 1 aliphatic rings. The first kappa shape index (κ1) is 16.6. The highest BCUT2D eigenvalue weighted by atomic mass is 19.3. The summed E-state index contributed by atoms with van der Waals surface area (Å²) in [6.45, 7) is 4.31. The summed E-state index contributed by atoms with van der Waals surface area (Å²) in [4.78, 5) is 25.3. The third-order valence-electron chi connectivity index (χ3n) is 4.45. The van der Waals surface area contributed by atoms with Crippen molar-refractivity contribution in [3.63, 3.8) is 0 Å². The molecule has 26 heavy (non-hydrogen) atoms. The maximum atomic E-state index is 13.0. The molecule has 1 saturated heterocycles. The van der Waals surface area contributed by atoms with Crippen molar-refractivity contribution in [2.24, 2.45) is 7.05 Å². The number of anilines is 2. The van der Waals surface area contributed by atoms with E-state index >= 15 is 0 Å². The fourth-order valence-corrected chi connectivity index (χ4v) is 3.16. The quantitative estimate of drug-likeness (QED) is 0.704. The second kappa shape index (κ2) is 6.43. The van der Waals surface area contributed by atoms with Crippen molar-refractivity contribution in [3.8, 4) is 0 Å². The summed E-state index contributed by atoms with van der Waals surface area (Å²) in [5, 5.41) is 0. The van der Waals surface area contributed by atoms with Gasteiger partial charge in [0.25, 0.3) is 6.43 Å². The lowest BCUT2D eigenvalue weighted by molar-refractivity contribution is 0.145. The number of aromatic nitrogens is 6. The molecular weight excluding hydrogens is 342 g/mol. The number of alkyl halides is 2. The number of piperazine rings is 1. The Hall–Kier alpha value is -2.91. The van der Waals surface area contributed by atoms with Crippen LogP contribution < -0.4 is 9.80 Å². The Bertz CT molecular complexity index is 933. The minimum atomic E-state index is -2.60. The summed E-state index contributed by atoms with van der Waals surface area (Å²) in [6.07, 6.45) is 0.651. The van der Waals surface area contributed by atoms with E-state index in [-0.39, 0.29) is 5.69 Å². The average Bonchev–Trinajstić information content (AvgIpc) is 3.03. The van der Waals surface area contributed by atoms with Gasteiger partial charge in [-0.1, -0.05) is 0 Å². The van der Waals surface area contributed by atoms with Gasteiger partial charge in [0.1, 0.15) is 23.7 Å². The van der Waals surface area contributed by atoms with Gasteiger partial charge in [-0.25, -0.2) is 33.7 Å². The van der Waals surface area contributed by atoms with E-state index in [1.807, 2.05) is 16.5 Å². The first-order valence-corrected chi connectivity index (χ1v) is 8.28. The number of hydrogen-bond acceptors (Lipinski definition) is 7. The van der Waals surface area contributed by atoms with Gasteiger partial charge in [-0.05, 0) is 6.92 Å². The minimum Gasteiger partial charge on any atom is -0.353 e. The van der Waals surface area contributed by atoms with Gasteiger partial charge < -0.3 is 14.4 Å². The second-order valence-corrected chi connectivity index (χ2v) is 6.20. The van der Waals surface area contributed by atoms with E-state index in [1.165, 1.54) is 12.4 Å². The Morgan fingerprint density at radius 3 is 2.46 bits per heavy atom. The summed E-state index contributed by atoms with van der Waals surface area (Å²) >= 11 is 0. The molecule has 1 aliphatic heterocycles. The molecule has 0 unspecified atom stereocenters. The largest absolute Gasteiger partial charge is 0.353 e. The predicted octanol–water partition coefficient (Wildman–Crippen LogP) is 1.73. The number of nitrogens with zero attached hydrogens (tertiary/aromatic N) is 8. The summed E-state index contributed by atoms with van der Waals surface area (Å²) in [5.41, 5.74) is 1.31. The number of imidazole rings is 1. The molecule has 3 aromatic heterocycles. The zero-order valence-corrected chi connectivity index (χ0v) is 14.5. The monoisotopic (exact) mass is 360 g/mol. The number of aryl methyl sites for hydroxylation is 2. The van der Waals surface area contributed by atoms with Crippen LogP contribution in [0.25, 0.3) is 11.2 Å². The molecule has 4 rings (SSSR count). The van der Waals surface area contributed by atoms with Crippen LogP contribution in [-0.4, -0.2) is 55.7 Å². The van der Waals surface area contributed by atoms with Gasteiger partial charge in [0.2, 0.25) is 0 Å². The molecule has 0 saturated carbocycles. The number of fused-ring (bicyclic) bond motifs is 1. The van der Waals surface area contributed by atoms with Gasteiger partial charge in [0, 0.05) is 39.3 Å². The molecule has 8 nitrogen and oxygen atoms in total. The van der Waals surface area contributed by atoms with Crippen molar-refractivity contribution in [2.75, 3.05) is 36.0 Å². The third-order valence-corrected chi connectivity index (χ3v) is 4.45. The Balaban J connectivity index is 1.54. The number of rotatable bonds is 3. The highest BCUT2D eigenvalue weighted by molar-refractivity contribution is 5.83. The normalized spacial score (nSPS) is 15.3. The van der Waals surface area contributed by atoms with Crippen LogP contribution in [0.4, 0.5) is 20.4 Å². The molecule has 136 valence electrons. The zero-order chi connectivity index (χ0) is 18.3. The summed E-state index contributed by atoms with van der Waals surface area (Å²) in [5.74, 6) is 1.69. The van der Waals surface area contributed by atoms with E-state index < -0.39 is 6.43 Å². The Labute approximate surface area is 148 Å². The Morgan fingerprint density at radius 2 is 1.73 bits per heavy atom. The van der Waals surface area contributed by atoms with Crippen molar-refractivity contribution in [1.29, 1.82) is 0 Å². The van der Waals surface area contributed by atoms with Gasteiger partial charge in [-0.2, -0.15) is 0 Å².